The highest BCUT2D eigenvalue weighted by molar-refractivity contribution is 7.89. The summed E-state index contributed by atoms with van der Waals surface area (Å²) in [6.07, 6.45) is 0.697. The number of hydrogen-bond donors (Lipinski definition) is 1. The van der Waals surface area contributed by atoms with Crippen molar-refractivity contribution in [2.24, 2.45) is 0 Å². The van der Waals surface area contributed by atoms with E-state index in [4.69, 9.17) is 0 Å². The smallest absolute Gasteiger partial charge is 0.214 e. The van der Waals surface area contributed by atoms with E-state index in [-0.39, 0.29) is 11.3 Å². The lowest BCUT2D eigenvalue weighted by Gasteiger charge is -2.36. The van der Waals surface area contributed by atoms with Crippen molar-refractivity contribution in [3.05, 3.63) is 0 Å². The van der Waals surface area contributed by atoms with Gasteiger partial charge in [-0.15, -0.1) is 0 Å². The van der Waals surface area contributed by atoms with Gasteiger partial charge < -0.3 is 5.32 Å². The minimum absolute atomic E-state index is 0.250. The quantitative estimate of drug-likeness (QED) is 0.608. The summed E-state index contributed by atoms with van der Waals surface area (Å²) in [6.45, 7) is 5.37. The van der Waals surface area contributed by atoms with Gasteiger partial charge in [-0.25, -0.2) is 8.42 Å². The number of rotatable bonds is 0. The summed E-state index contributed by atoms with van der Waals surface area (Å²) in [5.41, 5.74) is -0.320. The van der Waals surface area contributed by atoms with E-state index >= 15 is 0 Å². The molecular weight excluding hydrogens is 188 g/mol. The molecule has 0 amide bonds. The fourth-order valence-electron chi connectivity index (χ4n) is 1.40. The highest BCUT2D eigenvalue weighted by Crippen LogP contribution is 2.17. The van der Waals surface area contributed by atoms with E-state index in [0.29, 0.717) is 13.0 Å². The van der Waals surface area contributed by atoms with Gasteiger partial charge in [0.1, 0.15) is 0 Å². The van der Waals surface area contributed by atoms with Crippen LogP contribution in [0.2, 0.25) is 0 Å². The van der Waals surface area contributed by atoms with Crippen LogP contribution in [0.5, 0.6) is 0 Å². The van der Waals surface area contributed by atoms with Gasteiger partial charge in [0.15, 0.2) is 0 Å². The van der Waals surface area contributed by atoms with Crippen LogP contribution < -0.4 is 5.32 Å². The summed E-state index contributed by atoms with van der Waals surface area (Å²) in [6, 6.07) is 0. The summed E-state index contributed by atoms with van der Waals surface area (Å²) in [7, 11) is -1.38. The predicted octanol–water partition coefficient (Wildman–Crippen LogP) is 0.0199. The standard InChI is InChI=1S/C8H18N2O2S/c1-8(2)7-9-5-4-6-13(11,12)10(8)3/h9H,4-7H2,1-3H3. The van der Waals surface area contributed by atoms with Crippen molar-refractivity contribution >= 4 is 10.0 Å². The van der Waals surface area contributed by atoms with E-state index in [1.807, 2.05) is 13.8 Å². The van der Waals surface area contributed by atoms with Crippen molar-refractivity contribution < 1.29 is 8.42 Å². The highest BCUT2D eigenvalue weighted by Gasteiger charge is 2.33. The van der Waals surface area contributed by atoms with Crippen molar-refractivity contribution in [1.82, 2.24) is 9.62 Å². The van der Waals surface area contributed by atoms with Crippen LogP contribution in [0.15, 0.2) is 0 Å². The average molecular weight is 206 g/mol. The van der Waals surface area contributed by atoms with Gasteiger partial charge in [0.05, 0.1) is 5.75 Å². The minimum Gasteiger partial charge on any atom is -0.315 e. The maximum atomic E-state index is 11.7. The molecule has 4 nitrogen and oxygen atoms in total. The molecule has 0 unspecified atom stereocenters. The molecule has 1 N–H and O–H groups in total. The monoisotopic (exact) mass is 206 g/mol. The van der Waals surface area contributed by atoms with Gasteiger partial charge in [-0.3, -0.25) is 0 Å². The molecule has 0 aromatic rings. The van der Waals surface area contributed by atoms with Crippen LogP contribution in [-0.2, 0) is 10.0 Å². The Balaban J connectivity index is 2.90. The third-order valence-electron chi connectivity index (χ3n) is 2.58. The van der Waals surface area contributed by atoms with Crippen LogP contribution in [0.1, 0.15) is 20.3 Å². The molecule has 1 heterocycles. The molecule has 0 bridgehead atoms. The van der Waals surface area contributed by atoms with E-state index in [0.717, 1.165) is 6.54 Å². The molecule has 0 aromatic heterocycles. The van der Waals surface area contributed by atoms with Crippen molar-refractivity contribution in [1.29, 1.82) is 0 Å². The maximum Gasteiger partial charge on any atom is 0.214 e. The van der Waals surface area contributed by atoms with E-state index in [1.165, 1.54) is 4.31 Å². The molecule has 1 aliphatic rings. The molecule has 1 saturated heterocycles. The molecule has 0 radical (unpaired) electrons. The van der Waals surface area contributed by atoms with E-state index in [9.17, 15) is 8.42 Å². The Morgan fingerprint density at radius 3 is 2.62 bits per heavy atom. The normalized spacial score (nSPS) is 29.2. The van der Waals surface area contributed by atoms with Gasteiger partial charge in [0.2, 0.25) is 10.0 Å². The molecule has 1 rings (SSSR count). The summed E-state index contributed by atoms with van der Waals surface area (Å²) >= 11 is 0. The topological polar surface area (TPSA) is 49.4 Å². The highest BCUT2D eigenvalue weighted by atomic mass is 32.2. The van der Waals surface area contributed by atoms with E-state index in [1.54, 1.807) is 7.05 Å². The Bertz CT molecular complexity index is 272. The molecule has 0 spiro atoms. The summed E-state index contributed by atoms with van der Waals surface area (Å²) in [5, 5.41) is 3.24. The first kappa shape index (κ1) is 10.9. The van der Waals surface area contributed by atoms with Gasteiger partial charge in [0.25, 0.3) is 0 Å². The Kier molecular flexibility index (Phi) is 2.99. The average Bonchev–Trinajstić information content (AvgIpc) is 2.01. The third-order valence-corrected chi connectivity index (χ3v) is 4.72. The zero-order chi connectivity index (χ0) is 10.1. The third kappa shape index (κ3) is 2.42. The Morgan fingerprint density at radius 1 is 1.38 bits per heavy atom. The second kappa shape index (κ2) is 3.55. The molecule has 13 heavy (non-hydrogen) atoms. The van der Waals surface area contributed by atoms with Crippen molar-refractivity contribution in [3.8, 4) is 0 Å². The second-order valence-electron chi connectivity index (χ2n) is 4.13. The Labute approximate surface area is 80.4 Å². The SMILES string of the molecule is CN1C(C)(C)CNCCCS1(=O)=O. The first-order chi connectivity index (χ1) is 5.86. The lowest BCUT2D eigenvalue weighted by atomic mass is 10.1. The maximum absolute atomic E-state index is 11.7. The zero-order valence-electron chi connectivity index (χ0n) is 8.50. The molecular formula is C8H18N2O2S. The number of likely N-dealkylation sites (N-methyl/N-ethyl adjacent to an activating group) is 1. The van der Waals surface area contributed by atoms with Crippen molar-refractivity contribution in [2.75, 3.05) is 25.9 Å². The Hall–Kier alpha value is -0.130. The number of sulfonamides is 1. The molecule has 0 atom stereocenters. The van der Waals surface area contributed by atoms with Crippen molar-refractivity contribution in [3.63, 3.8) is 0 Å². The molecule has 0 aliphatic carbocycles. The van der Waals surface area contributed by atoms with E-state index in [2.05, 4.69) is 5.32 Å². The minimum atomic E-state index is -3.04. The molecule has 0 saturated carbocycles. The molecule has 1 fully saturated rings. The predicted molar refractivity (Wildman–Crippen MR) is 53.1 cm³/mol. The van der Waals surface area contributed by atoms with Crippen LogP contribution in [0, 0.1) is 0 Å². The molecule has 0 aromatic carbocycles. The fraction of sp³-hybridized carbons (Fsp3) is 1.00. The molecule has 5 heteroatoms. The second-order valence-corrected chi connectivity index (χ2v) is 6.25. The first-order valence-corrected chi connectivity index (χ1v) is 6.15. The van der Waals surface area contributed by atoms with Crippen LogP contribution in [0.3, 0.4) is 0 Å². The largest absolute Gasteiger partial charge is 0.315 e. The zero-order valence-corrected chi connectivity index (χ0v) is 9.32. The van der Waals surface area contributed by atoms with Gasteiger partial charge in [-0.1, -0.05) is 0 Å². The van der Waals surface area contributed by atoms with E-state index < -0.39 is 10.0 Å². The van der Waals surface area contributed by atoms with Crippen LogP contribution in [0.25, 0.3) is 0 Å². The van der Waals surface area contributed by atoms with Crippen LogP contribution in [0.4, 0.5) is 0 Å². The summed E-state index contributed by atoms with van der Waals surface area (Å²) in [4.78, 5) is 0. The van der Waals surface area contributed by atoms with Crippen LogP contribution in [-0.4, -0.2) is 44.2 Å². The fourth-order valence-corrected chi connectivity index (χ4v) is 3.00. The lowest BCUT2D eigenvalue weighted by molar-refractivity contribution is 0.250. The summed E-state index contributed by atoms with van der Waals surface area (Å²) < 4.78 is 24.8. The molecule has 1 aliphatic heterocycles. The van der Waals surface area contributed by atoms with Crippen LogP contribution >= 0.6 is 0 Å². The molecule has 78 valence electrons. The number of nitrogens with one attached hydrogen (secondary N) is 1. The van der Waals surface area contributed by atoms with Gasteiger partial charge in [0, 0.05) is 19.1 Å². The first-order valence-electron chi connectivity index (χ1n) is 4.54. The van der Waals surface area contributed by atoms with Gasteiger partial charge in [-0.2, -0.15) is 4.31 Å². The number of nitrogens with zero attached hydrogens (tertiary/aromatic N) is 1. The number of hydrogen-bond acceptors (Lipinski definition) is 3. The van der Waals surface area contributed by atoms with Gasteiger partial charge >= 0.3 is 0 Å². The Morgan fingerprint density at radius 2 is 2.00 bits per heavy atom. The summed E-state index contributed by atoms with van der Waals surface area (Å²) in [5.74, 6) is 0.250. The lowest BCUT2D eigenvalue weighted by Crippen LogP contribution is -2.53. The van der Waals surface area contributed by atoms with Crippen molar-refractivity contribution in [2.45, 2.75) is 25.8 Å². The van der Waals surface area contributed by atoms with Gasteiger partial charge in [-0.05, 0) is 26.8 Å².